The molecule has 21 heavy (non-hydrogen) atoms. The molecule has 0 aliphatic heterocycles. The first kappa shape index (κ1) is 15.1. The van der Waals surface area contributed by atoms with E-state index in [0.717, 1.165) is 5.56 Å². The van der Waals surface area contributed by atoms with Crippen molar-refractivity contribution >= 4 is 21.7 Å². The van der Waals surface area contributed by atoms with Gasteiger partial charge >= 0.3 is 5.97 Å². The van der Waals surface area contributed by atoms with Crippen LogP contribution in [0.15, 0.2) is 53.4 Å². The molecule has 0 amide bonds. The van der Waals surface area contributed by atoms with Gasteiger partial charge in [-0.3, -0.25) is 4.72 Å². The highest BCUT2D eigenvalue weighted by Crippen LogP contribution is 2.18. The lowest BCUT2D eigenvalue weighted by Gasteiger charge is -2.09. The van der Waals surface area contributed by atoms with Crippen LogP contribution in [0.1, 0.15) is 15.9 Å². The number of benzene rings is 2. The molecule has 1 N–H and O–H groups in total. The lowest BCUT2D eigenvalue weighted by molar-refractivity contribution is 0.0601. The quantitative estimate of drug-likeness (QED) is 0.881. The Morgan fingerprint density at radius 2 is 1.81 bits per heavy atom. The first-order valence-electron chi connectivity index (χ1n) is 6.20. The highest BCUT2D eigenvalue weighted by atomic mass is 32.2. The van der Waals surface area contributed by atoms with Gasteiger partial charge in [-0.15, -0.1) is 0 Å². The molecule has 0 radical (unpaired) electrons. The number of methoxy groups -OCH3 is 1. The number of carbonyl (C=O) groups excluding carboxylic acids is 1. The first-order valence-corrected chi connectivity index (χ1v) is 7.68. The lowest BCUT2D eigenvalue weighted by Crippen LogP contribution is -2.13. The normalized spacial score (nSPS) is 11.0. The fraction of sp³-hybridized carbons (Fsp3) is 0.133. The van der Waals surface area contributed by atoms with Crippen LogP contribution in [0.5, 0.6) is 0 Å². The molecule has 0 fully saturated rings. The van der Waals surface area contributed by atoms with Crippen LogP contribution >= 0.6 is 0 Å². The third kappa shape index (κ3) is 3.61. The summed E-state index contributed by atoms with van der Waals surface area (Å²) in [6, 6.07) is 12.7. The summed E-state index contributed by atoms with van der Waals surface area (Å²) >= 11 is 0. The largest absolute Gasteiger partial charge is 0.465 e. The number of rotatable bonds is 4. The Morgan fingerprint density at radius 3 is 2.48 bits per heavy atom. The van der Waals surface area contributed by atoms with E-state index >= 15 is 0 Å². The van der Waals surface area contributed by atoms with Crippen molar-refractivity contribution in [2.75, 3.05) is 11.8 Å². The third-order valence-electron chi connectivity index (χ3n) is 2.84. The predicted octanol–water partition coefficient (Wildman–Crippen LogP) is 2.58. The Morgan fingerprint density at radius 1 is 1.10 bits per heavy atom. The Bertz CT molecular complexity index is 769. The summed E-state index contributed by atoms with van der Waals surface area (Å²) in [5.74, 6) is -0.522. The molecule has 0 heterocycles. The maximum atomic E-state index is 12.3. The molecule has 0 bridgehead atoms. The van der Waals surface area contributed by atoms with E-state index in [1.807, 2.05) is 13.0 Å². The molecule has 0 aliphatic carbocycles. The number of hydrogen-bond acceptors (Lipinski definition) is 4. The Kier molecular flexibility index (Phi) is 4.28. The Labute approximate surface area is 123 Å². The van der Waals surface area contributed by atoms with E-state index in [-0.39, 0.29) is 10.5 Å². The standard InChI is InChI=1S/C15H15NO4S/c1-11-5-3-8-14(9-11)21(18,19)16-13-7-4-6-12(10-13)15(17)20-2/h3-10,16H,1-2H3. The molecule has 2 aromatic carbocycles. The van der Waals surface area contributed by atoms with Crippen LogP contribution in [0.3, 0.4) is 0 Å². The molecular formula is C15H15NO4S. The van der Waals surface area contributed by atoms with Gasteiger partial charge in [-0.2, -0.15) is 0 Å². The SMILES string of the molecule is COC(=O)c1cccc(NS(=O)(=O)c2cccc(C)c2)c1. The van der Waals surface area contributed by atoms with Crippen molar-refractivity contribution in [3.8, 4) is 0 Å². The zero-order chi connectivity index (χ0) is 15.5. The molecule has 0 aromatic heterocycles. The van der Waals surface area contributed by atoms with E-state index in [9.17, 15) is 13.2 Å². The number of carbonyl (C=O) groups is 1. The van der Waals surface area contributed by atoms with Crippen LogP contribution in [0.4, 0.5) is 5.69 Å². The minimum Gasteiger partial charge on any atom is -0.465 e. The summed E-state index contributed by atoms with van der Waals surface area (Å²) < 4.78 is 31.6. The van der Waals surface area contributed by atoms with Gasteiger partial charge < -0.3 is 4.74 Å². The van der Waals surface area contributed by atoms with Crippen molar-refractivity contribution in [1.29, 1.82) is 0 Å². The average molecular weight is 305 g/mol. The van der Waals surface area contributed by atoms with Gasteiger partial charge in [0, 0.05) is 5.69 Å². The highest BCUT2D eigenvalue weighted by molar-refractivity contribution is 7.92. The predicted molar refractivity (Wildman–Crippen MR) is 79.8 cm³/mol. The van der Waals surface area contributed by atoms with Gasteiger partial charge in [-0.25, -0.2) is 13.2 Å². The summed E-state index contributed by atoms with van der Waals surface area (Å²) in [5.41, 5.74) is 1.43. The number of nitrogens with one attached hydrogen (secondary N) is 1. The molecule has 2 aromatic rings. The van der Waals surface area contributed by atoms with Gasteiger partial charge in [0.2, 0.25) is 0 Å². The molecule has 0 aliphatic rings. The summed E-state index contributed by atoms with van der Waals surface area (Å²) in [7, 11) is -2.42. The second-order valence-electron chi connectivity index (χ2n) is 4.49. The number of aryl methyl sites for hydroxylation is 1. The minimum atomic E-state index is -3.69. The number of sulfonamides is 1. The van der Waals surface area contributed by atoms with Gasteiger partial charge in [-0.1, -0.05) is 18.2 Å². The minimum absolute atomic E-state index is 0.172. The van der Waals surface area contributed by atoms with Gasteiger partial charge in [0.1, 0.15) is 0 Å². The lowest BCUT2D eigenvalue weighted by atomic mass is 10.2. The van der Waals surface area contributed by atoms with Crippen molar-refractivity contribution in [2.24, 2.45) is 0 Å². The summed E-state index contributed by atoms with van der Waals surface area (Å²) in [4.78, 5) is 11.6. The fourth-order valence-electron chi connectivity index (χ4n) is 1.82. The molecular weight excluding hydrogens is 290 g/mol. The van der Waals surface area contributed by atoms with E-state index < -0.39 is 16.0 Å². The van der Waals surface area contributed by atoms with Gasteiger partial charge in [-0.05, 0) is 42.8 Å². The maximum Gasteiger partial charge on any atom is 0.337 e. The van der Waals surface area contributed by atoms with E-state index in [1.54, 1.807) is 30.3 Å². The van der Waals surface area contributed by atoms with Crippen LogP contribution in [-0.4, -0.2) is 21.5 Å². The third-order valence-corrected chi connectivity index (χ3v) is 4.21. The molecule has 0 spiro atoms. The fourth-order valence-corrected chi connectivity index (χ4v) is 2.98. The molecule has 0 saturated heterocycles. The summed E-state index contributed by atoms with van der Waals surface area (Å²) in [6.07, 6.45) is 0. The van der Waals surface area contributed by atoms with Crippen molar-refractivity contribution in [1.82, 2.24) is 0 Å². The molecule has 0 unspecified atom stereocenters. The topological polar surface area (TPSA) is 72.5 Å². The molecule has 2 rings (SSSR count). The van der Waals surface area contributed by atoms with Crippen LogP contribution < -0.4 is 4.72 Å². The first-order chi connectivity index (χ1) is 9.92. The molecule has 6 heteroatoms. The van der Waals surface area contributed by atoms with Gasteiger partial charge in [0.15, 0.2) is 0 Å². The molecule has 110 valence electrons. The van der Waals surface area contributed by atoms with Gasteiger partial charge in [0.25, 0.3) is 10.0 Å². The maximum absolute atomic E-state index is 12.3. The number of hydrogen-bond donors (Lipinski definition) is 1. The molecule has 5 nitrogen and oxygen atoms in total. The van der Waals surface area contributed by atoms with Crippen LogP contribution in [0.2, 0.25) is 0 Å². The smallest absolute Gasteiger partial charge is 0.337 e. The Balaban J connectivity index is 2.31. The van der Waals surface area contributed by atoms with E-state index in [2.05, 4.69) is 9.46 Å². The molecule has 0 atom stereocenters. The van der Waals surface area contributed by atoms with Crippen molar-refractivity contribution in [3.63, 3.8) is 0 Å². The average Bonchev–Trinajstić information content (AvgIpc) is 2.46. The zero-order valence-electron chi connectivity index (χ0n) is 11.7. The number of esters is 1. The van der Waals surface area contributed by atoms with Crippen LogP contribution in [0.25, 0.3) is 0 Å². The number of ether oxygens (including phenoxy) is 1. The number of anilines is 1. The second-order valence-corrected chi connectivity index (χ2v) is 6.18. The monoisotopic (exact) mass is 305 g/mol. The second kappa shape index (κ2) is 5.97. The molecule has 0 saturated carbocycles. The Hall–Kier alpha value is -2.34. The van der Waals surface area contributed by atoms with E-state index in [4.69, 9.17) is 0 Å². The van der Waals surface area contributed by atoms with Crippen molar-refractivity contribution in [3.05, 3.63) is 59.7 Å². The van der Waals surface area contributed by atoms with E-state index in [1.165, 1.54) is 19.2 Å². The van der Waals surface area contributed by atoms with Gasteiger partial charge in [0.05, 0.1) is 17.6 Å². The highest BCUT2D eigenvalue weighted by Gasteiger charge is 2.15. The summed E-state index contributed by atoms with van der Waals surface area (Å²) in [5, 5.41) is 0. The summed E-state index contributed by atoms with van der Waals surface area (Å²) in [6.45, 7) is 1.82. The van der Waals surface area contributed by atoms with Crippen molar-refractivity contribution in [2.45, 2.75) is 11.8 Å². The van der Waals surface area contributed by atoms with Crippen LogP contribution in [0, 0.1) is 6.92 Å². The van der Waals surface area contributed by atoms with Crippen molar-refractivity contribution < 1.29 is 17.9 Å². The van der Waals surface area contributed by atoms with E-state index in [0.29, 0.717) is 5.69 Å². The zero-order valence-corrected chi connectivity index (χ0v) is 12.5. The van der Waals surface area contributed by atoms with Crippen LogP contribution in [-0.2, 0) is 14.8 Å².